The van der Waals surface area contributed by atoms with Crippen molar-refractivity contribution in [2.45, 2.75) is 19.9 Å². The number of hydrogen-bond donors (Lipinski definition) is 0. The summed E-state index contributed by atoms with van der Waals surface area (Å²) in [6, 6.07) is 18.7. The second-order valence-electron chi connectivity index (χ2n) is 4.88. The molecule has 0 bridgehead atoms. The first-order valence-corrected chi connectivity index (χ1v) is 7.13. The van der Waals surface area contributed by atoms with E-state index in [2.05, 4.69) is 42.0 Å². The van der Waals surface area contributed by atoms with E-state index in [9.17, 15) is 0 Å². The lowest BCUT2D eigenvalue weighted by atomic mass is 10.1. The molecule has 0 radical (unpaired) electrons. The number of para-hydroxylation sites is 2. The minimum Gasteiger partial charge on any atom is -0.492 e. The Labute approximate surface area is 119 Å². The highest BCUT2D eigenvalue weighted by molar-refractivity contribution is 5.83. The van der Waals surface area contributed by atoms with E-state index in [1.165, 1.54) is 16.5 Å². The molecule has 0 unspecified atom stereocenters. The van der Waals surface area contributed by atoms with Crippen LogP contribution in [0.2, 0.25) is 0 Å². The van der Waals surface area contributed by atoms with Crippen LogP contribution in [-0.2, 0) is 13.0 Å². The maximum Gasteiger partial charge on any atom is 0.119 e. The standard InChI is InChI=1S/C18H19NO/c1-2-15-7-6-8-16-11-12-19(18(15)16)13-14-20-17-9-4-3-5-10-17/h3-12H,2,13-14H2,1H3. The Balaban J connectivity index is 1.75. The molecule has 0 spiro atoms. The number of ether oxygens (including phenoxy) is 1. The molecule has 2 heteroatoms. The smallest absolute Gasteiger partial charge is 0.119 e. The topological polar surface area (TPSA) is 14.2 Å². The third kappa shape index (κ3) is 2.55. The lowest BCUT2D eigenvalue weighted by molar-refractivity contribution is 0.300. The van der Waals surface area contributed by atoms with Gasteiger partial charge in [-0.25, -0.2) is 0 Å². The van der Waals surface area contributed by atoms with E-state index < -0.39 is 0 Å². The molecule has 0 fully saturated rings. The van der Waals surface area contributed by atoms with Gasteiger partial charge in [-0.05, 0) is 35.6 Å². The zero-order chi connectivity index (χ0) is 13.8. The van der Waals surface area contributed by atoms with Gasteiger partial charge in [-0.3, -0.25) is 0 Å². The van der Waals surface area contributed by atoms with Gasteiger partial charge in [0.15, 0.2) is 0 Å². The van der Waals surface area contributed by atoms with Gasteiger partial charge in [0.05, 0.1) is 12.1 Å². The minimum atomic E-state index is 0.686. The Kier molecular flexibility index (Phi) is 3.73. The number of aromatic nitrogens is 1. The van der Waals surface area contributed by atoms with Crippen LogP contribution in [0.5, 0.6) is 5.75 Å². The first-order valence-electron chi connectivity index (χ1n) is 7.13. The lowest BCUT2D eigenvalue weighted by Gasteiger charge is -2.10. The summed E-state index contributed by atoms with van der Waals surface area (Å²) in [4.78, 5) is 0. The van der Waals surface area contributed by atoms with Crippen molar-refractivity contribution in [2.24, 2.45) is 0 Å². The zero-order valence-corrected chi connectivity index (χ0v) is 11.8. The molecule has 3 aromatic rings. The molecule has 0 aliphatic rings. The molecule has 2 nitrogen and oxygen atoms in total. The Morgan fingerprint density at radius 1 is 0.950 bits per heavy atom. The number of hydrogen-bond acceptors (Lipinski definition) is 1. The third-order valence-corrected chi connectivity index (χ3v) is 3.60. The highest BCUT2D eigenvalue weighted by Gasteiger charge is 2.05. The van der Waals surface area contributed by atoms with E-state index in [-0.39, 0.29) is 0 Å². The summed E-state index contributed by atoms with van der Waals surface area (Å²) < 4.78 is 8.07. The van der Waals surface area contributed by atoms with Crippen LogP contribution in [0.4, 0.5) is 0 Å². The summed E-state index contributed by atoms with van der Waals surface area (Å²) in [5.74, 6) is 0.930. The zero-order valence-electron chi connectivity index (χ0n) is 11.8. The molecule has 0 saturated heterocycles. The highest BCUT2D eigenvalue weighted by Crippen LogP contribution is 2.21. The number of fused-ring (bicyclic) bond motifs is 1. The van der Waals surface area contributed by atoms with Crippen molar-refractivity contribution in [1.29, 1.82) is 0 Å². The van der Waals surface area contributed by atoms with Gasteiger partial charge in [-0.1, -0.05) is 43.3 Å². The van der Waals surface area contributed by atoms with Crippen molar-refractivity contribution in [2.75, 3.05) is 6.61 Å². The number of benzene rings is 2. The van der Waals surface area contributed by atoms with Crippen molar-refractivity contribution < 1.29 is 4.74 Å². The summed E-state index contributed by atoms with van der Waals surface area (Å²) in [5.41, 5.74) is 2.74. The van der Waals surface area contributed by atoms with E-state index >= 15 is 0 Å². The lowest BCUT2D eigenvalue weighted by Crippen LogP contribution is -2.07. The van der Waals surface area contributed by atoms with Gasteiger partial charge >= 0.3 is 0 Å². The molecule has 0 amide bonds. The van der Waals surface area contributed by atoms with E-state index in [0.717, 1.165) is 18.7 Å². The van der Waals surface area contributed by atoms with Crippen molar-refractivity contribution in [1.82, 2.24) is 4.57 Å². The number of rotatable bonds is 5. The van der Waals surface area contributed by atoms with Crippen molar-refractivity contribution >= 4 is 10.9 Å². The average molecular weight is 265 g/mol. The molecule has 102 valence electrons. The van der Waals surface area contributed by atoms with Gasteiger partial charge in [0.25, 0.3) is 0 Å². The van der Waals surface area contributed by atoms with Crippen LogP contribution in [0.15, 0.2) is 60.8 Å². The SMILES string of the molecule is CCc1cccc2ccn(CCOc3ccccc3)c12. The van der Waals surface area contributed by atoms with Crippen LogP contribution in [0.3, 0.4) is 0 Å². The molecular formula is C18H19NO. The fourth-order valence-electron chi connectivity index (χ4n) is 2.59. The summed E-state index contributed by atoms with van der Waals surface area (Å²) in [6.07, 6.45) is 3.21. The first-order chi connectivity index (χ1) is 9.88. The largest absolute Gasteiger partial charge is 0.492 e. The molecule has 0 saturated carbocycles. The monoisotopic (exact) mass is 265 g/mol. The minimum absolute atomic E-state index is 0.686. The molecule has 2 aromatic carbocycles. The van der Waals surface area contributed by atoms with Crippen molar-refractivity contribution in [3.8, 4) is 5.75 Å². The molecule has 0 aliphatic carbocycles. The first kappa shape index (κ1) is 12.8. The third-order valence-electron chi connectivity index (χ3n) is 3.60. The maximum absolute atomic E-state index is 5.78. The number of nitrogens with zero attached hydrogens (tertiary/aromatic N) is 1. The van der Waals surface area contributed by atoms with Gasteiger partial charge < -0.3 is 9.30 Å². The highest BCUT2D eigenvalue weighted by atomic mass is 16.5. The molecule has 20 heavy (non-hydrogen) atoms. The predicted molar refractivity (Wildman–Crippen MR) is 83.3 cm³/mol. The van der Waals surface area contributed by atoms with Gasteiger partial charge in [0, 0.05) is 6.20 Å². The van der Waals surface area contributed by atoms with Crippen LogP contribution in [-0.4, -0.2) is 11.2 Å². The van der Waals surface area contributed by atoms with Crippen molar-refractivity contribution in [3.63, 3.8) is 0 Å². The summed E-state index contributed by atoms with van der Waals surface area (Å²) in [5, 5.41) is 1.31. The Morgan fingerprint density at radius 3 is 2.60 bits per heavy atom. The van der Waals surface area contributed by atoms with Crippen LogP contribution < -0.4 is 4.74 Å². The molecule has 3 rings (SSSR count). The molecular weight excluding hydrogens is 246 g/mol. The average Bonchev–Trinajstić information content (AvgIpc) is 2.92. The van der Waals surface area contributed by atoms with Gasteiger partial charge in [0.1, 0.15) is 12.4 Å². The summed E-state index contributed by atoms with van der Waals surface area (Å²) in [6.45, 7) is 3.76. The fraction of sp³-hybridized carbons (Fsp3) is 0.222. The number of aryl methyl sites for hydroxylation is 1. The summed E-state index contributed by atoms with van der Waals surface area (Å²) in [7, 11) is 0. The molecule has 0 aliphatic heterocycles. The van der Waals surface area contributed by atoms with Crippen molar-refractivity contribution in [3.05, 3.63) is 66.4 Å². The van der Waals surface area contributed by atoms with Gasteiger partial charge in [-0.15, -0.1) is 0 Å². The quantitative estimate of drug-likeness (QED) is 0.671. The maximum atomic E-state index is 5.78. The van der Waals surface area contributed by atoms with Gasteiger partial charge in [-0.2, -0.15) is 0 Å². The second kappa shape index (κ2) is 5.83. The Morgan fingerprint density at radius 2 is 1.80 bits per heavy atom. The van der Waals surface area contributed by atoms with Crippen LogP contribution in [0.1, 0.15) is 12.5 Å². The Bertz CT molecular complexity index is 685. The van der Waals surface area contributed by atoms with E-state index in [4.69, 9.17) is 4.74 Å². The van der Waals surface area contributed by atoms with Gasteiger partial charge in [0.2, 0.25) is 0 Å². The van der Waals surface area contributed by atoms with Crippen LogP contribution in [0, 0.1) is 0 Å². The molecule has 0 atom stereocenters. The molecule has 1 heterocycles. The van der Waals surface area contributed by atoms with Crippen LogP contribution in [0.25, 0.3) is 10.9 Å². The summed E-state index contributed by atoms with van der Waals surface area (Å²) >= 11 is 0. The molecule has 0 N–H and O–H groups in total. The van der Waals surface area contributed by atoms with Crippen LogP contribution >= 0.6 is 0 Å². The predicted octanol–water partition coefficient (Wildman–Crippen LogP) is 4.28. The van der Waals surface area contributed by atoms with E-state index in [1.807, 2.05) is 30.3 Å². The second-order valence-corrected chi connectivity index (χ2v) is 4.88. The normalized spacial score (nSPS) is 10.8. The fourth-order valence-corrected chi connectivity index (χ4v) is 2.59. The van der Waals surface area contributed by atoms with E-state index in [0.29, 0.717) is 6.61 Å². The Hall–Kier alpha value is -2.22. The molecule has 1 aromatic heterocycles. The van der Waals surface area contributed by atoms with E-state index in [1.54, 1.807) is 0 Å².